The standard InChI is InChI=1S/C20H38O11/c1-2-3-4-5-6-7-8-28-18-15(26)17(30-19(18)27)12(10-22)29-20-14(25)13(24)16(31-20)11(23)9-21/h11-27H,2-10H2,1H3/t11-,12-,13-,14-,15+,16+,17+,18-,19-,20-/m1/s1. The van der Waals surface area contributed by atoms with Gasteiger partial charge in [0.2, 0.25) is 0 Å². The Hall–Kier alpha value is -0.440. The fourth-order valence-corrected chi connectivity index (χ4v) is 3.87. The van der Waals surface area contributed by atoms with Gasteiger partial charge < -0.3 is 54.7 Å². The molecule has 2 rings (SSSR count). The molecule has 0 spiro atoms. The average Bonchev–Trinajstić information content (AvgIpc) is 3.20. The van der Waals surface area contributed by atoms with Crippen LogP contribution in [0.3, 0.4) is 0 Å². The highest BCUT2D eigenvalue weighted by molar-refractivity contribution is 4.95. The van der Waals surface area contributed by atoms with Crippen molar-refractivity contribution in [2.24, 2.45) is 0 Å². The van der Waals surface area contributed by atoms with E-state index in [4.69, 9.17) is 24.1 Å². The molecule has 0 aromatic carbocycles. The van der Waals surface area contributed by atoms with Crippen LogP contribution in [0, 0.1) is 0 Å². The van der Waals surface area contributed by atoms with Crippen LogP contribution in [0.2, 0.25) is 0 Å². The van der Waals surface area contributed by atoms with Crippen LogP contribution in [0.5, 0.6) is 0 Å². The van der Waals surface area contributed by atoms with Crippen molar-refractivity contribution in [2.75, 3.05) is 19.8 Å². The summed E-state index contributed by atoms with van der Waals surface area (Å²) in [6.45, 7) is 1.14. The zero-order valence-corrected chi connectivity index (χ0v) is 17.9. The Bertz CT molecular complexity index is 496. The van der Waals surface area contributed by atoms with Gasteiger partial charge >= 0.3 is 0 Å². The van der Waals surface area contributed by atoms with Crippen LogP contribution in [-0.4, -0.2) is 117 Å². The van der Waals surface area contributed by atoms with Gasteiger partial charge in [0.1, 0.15) is 48.8 Å². The zero-order valence-electron chi connectivity index (χ0n) is 17.9. The van der Waals surface area contributed by atoms with Crippen LogP contribution in [0.1, 0.15) is 45.4 Å². The third kappa shape index (κ3) is 7.02. The predicted octanol–water partition coefficient (Wildman–Crippen LogP) is -2.01. The topological polar surface area (TPSA) is 179 Å². The zero-order chi connectivity index (χ0) is 23.0. The van der Waals surface area contributed by atoms with Crippen molar-refractivity contribution in [1.29, 1.82) is 0 Å². The van der Waals surface area contributed by atoms with E-state index in [-0.39, 0.29) is 0 Å². The van der Waals surface area contributed by atoms with Crippen LogP contribution >= 0.6 is 0 Å². The van der Waals surface area contributed by atoms with Crippen molar-refractivity contribution < 1.29 is 54.7 Å². The first kappa shape index (κ1) is 26.8. The molecule has 0 aliphatic carbocycles. The highest BCUT2D eigenvalue weighted by Gasteiger charge is 2.51. The molecule has 2 aliphatic rings. The molecule has 0 amide bonds. The lowest BCUT2D eigenvalue weighted by Crippen LogP contribution is -2.46. The first-order valence-corrected chi connectivity index (χ1v) is 11.1. The molecule has 0 unspecified atom stereocenters. The van der Waals surface area contributed by atoms with Gasteiger partial charge in [-0.1, -0.05) is 39.0 Å². The van der Waals surface area contributed by atoms with Gasteiger partial charge in [0, 0.05) is 6.61 Å². The number of aliphatic hydroxyl groups excluding tert-OH is 7. The fourth-order valence-electron chi connectivity index (χ4n) is 3.87. The highest BCUT2D eigenvalue weighted by atomic mass is 16.7. The number of unbranched alkanes of at least 4 members (excludes halogenated alkanes) is 5. The lowest BCUT2D eigenvalue weighted by atomic mass is 10.1. The average molecular weight is 455 g/mol. The van der Waals surface area contributed by atoms with Gasteiger partial charge in [0.15, 0.2) is 12.6 Å². The molecule has 7 N–H and O–H groups in total. The molecule has 0 radical (unpaired) electrons. The first-order valence-electron chi connectivity index (χ1n) is 11.1. The van der Waals surface area contributed by atoms with E-state index in [1.807, 2.05) is 0 Å². The van der Waals surface area contributed by atoms with Crippen LogP contribution in [0.4, 0.5) is 0 Å². The summed E-state index contributed by atoms with van der Waals surface area (Å²) in [5.74, 6) is 0. The molecule has 31 heavy (non-hydrogen) atoms. The summed E-state index contributed by atoms with van der Waals surface area (Å²) >= 11 is 0. The van der Waals surface area contributed by atoms with Crippen molar-refractivity contribution in [3.8, 4) is 0 Å². The van der Waals surface area contributed by atoms with Crippen molar-refractivity contribution >= 4 is 0 Å². The Labute approximate surface area is 182 Å². The van der Waals surface area contributed by atoms with Crippen LogP contribution in [-0.2, 0) is 18.9 Å². The molecule has 2 aliphatic heterocycles. The normalized spacial score (nSPS) is 37.9. The summed E-state index contributed by atoms with van der Waals surface area (Å²) in [6.07, 6.45) is -7.09. The highest BCUT2D eigenvalue weighted by Crippen LogP contribution is 2.30. The van der Waals surface area contributed by atoms with Gasteiger partial charge in [-0.05, 0) is 6.42 Å². The molecule has 0 bridgehead atoms. The van der Waals surface area contributed by atoms with E-state index in [9.17, 15) is 30.6 Å². The molecule has 0 aromatic rings. The van der Waals surface area contributed by atoms with Crippen molar-refractivity contribution in [3.63, 3.8) is 0 Å². The van der Waals surface area contributed by atoms with Crippen molar-refractivity contribution in [1.82, 2.24) is 0 Å². The molecule has 2 fully saturated rings. The second-order valence-corrected chi connectivity index (χ2v) is 8.14. The van der Waals surface area contributed by atoms with Gasteiger partial charge in [0.25, 0.3) is 0 Å². The van der Waals surface area contributed by atoms with Gasteiger partial charge in [-0.15, -0.1) is 0 Å². The van der Waals surface area contributed by atoms with Crippen LogP contribution in [0.25, 0.3) is 0 Å². The summed E-state index contributed by atoms with van der Waals surface area (Å²) in [6, 6.07) is 0. The second kappa shape index (κ2) is 13.3. The monoisotopic (exact) mass is 454 g/mol. The van der Waals surface area contributed by atoms with E-state index in [0.717, 1.165) is 32.1 Å². The molecule has 2 heterocycles. The number of hydrogen-bond donors (Lipinski definition) is 7. The molecule has 2 saturated heterocycles. The van der Waals surface area contributed by atoms with E-state index in [1.165, 1.54) is 6.42 Å². The molecular formula is C20H38O11. The number of ether oxygens (including phenoxy) is 4. The number of aliphatic hydroxyl groups is 7. The van der Waals surface area contributed by atoms with E-state index < -0.39 is 74.6 Å². The Kier molecular flexibility index (Phi) is 11.5. The molecule has 0 saturated carbocycles. The smallest absolute Gasteiger partial charge is 0.187 e. The van der Waals surface area contributed by atoms with Gasteiger partial charge in [-0.2, -0.15) is 0 Å². The lowest BCUT2D eigenvalue weighted by Gasteiger charge is -2.28. The Morgan fingerprint density at radius 2 is 1.48 bits per heavy atom. The minimum atomic E-state index is -1.57. The number of hydrogen-bond acceptors (Lipinski definition) is 11. The Balaban J connectivity index is 1.85. The quantitative estimate of drug-likeness (QED) is 0.144. The van der Waals surface area contributed by atoms with E-state index >= 15 is 0 Å². The summed E-state index contributed by atoms with van der Waals surface area (Å²) in [5.41, 5.74) is 0. The van der Waals surface area contributed by atoms with Gasteiger partial charge in [0.05, 0.1) is 13.2 Å². The SMILES string of the molecule is CCCCCCCCO[C@@H]1[C@@H](O)[C@H]([C@@H](CO)O[C@@H]2O[C@@H]([C@H](O)CO)[C@H](O)[C@H]2O)O[C@H]1O. The Morgan fingerprint density at radius 3 is 2.13 bits per heavy atom. The molecule has 184 valence electrons. The minimum Gasteiger partial charge on any atom is -0.394 e. The van der Waals surface area contributed by atoms with Gasteiger partial charge in [-0.3, -0.25) is 0 Å². The molecule has 11 nitrogen and oxygen atoms in total. The fraction of sp³-hybridized carbons (Fsp3) is 1.00. The van der Waals surface area contributed by atoms with Gasteiger partial charge in [-0.25, -0.2) is 0 Å². The summed E-state index contributed by atoms with van der Waals surface area (Å²) < 4.78 is 21.6. The molecule has 0 aromatic heterocycles. The van der Waals surface area contributed by atoms with Crippen LogP contribution < -0.4 is 0 Å². The maximum atomic E-state index is 10.5. The molecule has 10 atom stereocenters. The summed E-state index contributed by atoms with van der Waals surface area (Å²) in [4.78, 5) is 0. The lowest BCUT2D eigenvalue weighted by molar-refractivity contribution is -0.239. The maximum Gasteiger partial charge on any atom is 0.187 e. The largest absolute Gasteiger partial charge is 0.394 e. The second-order valence-electron chi connectivity index (χ2n) is 8.14. The third-order valence-corrected chi connectivity index (χ3v) is 5.74. The third-order valence-electron chi connectivity index (χ3n) is 5.74. The van der Waals surface area contributed by atoms with E-state index in [1.54, 1.807) is 0 Å². The summed E-state index contributed by atoms with van der Waals surface area (Å²) in [5, 5.41) is 69.1. The summed E-state index contributed by atoms with van der Waals surface area (Å²) in [7, 11) is 0. The molecule has 11 heteroatoms. The first-order chi connectivity index (χ1) is 14.8. The molecular weight excluding hydrogens is 416 g/mol. The van der Waals surface area contributed by atoms with Crippen LogP contribution in [0.15, 0.2) is 0 Å². The van der Waals surface area contributed by atoms with E-state index in [2.05, 4.69) is 6.92 Å². The van der Waals surface area contributed by atoms with Crippen molar-refractivity contribution in [3.05, 3.63) is 0 Å². The van der Waals surface area contributed by atoms with Crippen molar-refractivity contribution in [2.45, 2.75) is 107 Å². The maximum absolute atomic E-state index is 10.5. The number of rotatable bonds is 14. The predicted molar refractivity (Wildman–Crippen MR) is 106 cm³/mol. The minimum absolute atomic E-state index is 0.336. The van der Waals surface area contributed by atoms with E-state index in [0.29, 0.717) is 6.61 Å². The Morgan fingerprint density at radius 1 is 0.806 bits per heavy atom.